The highest BCUT2D eigenvalue weighted by molar-refractivity contribution is 7.99. The van der Waals surface area contributed by atoms with E-state index >= 15 is 0 Å². The quantitative estimate of drug-likeness (QED) is 0.384. The van der Waals surface area contributed by atoms with E-state index in [1.54, 1.807) is 30.3 Å². The van der Waals surface area contributed by atoms with E-state index in [0.717, 1.165) is 16.0 Å². The topological polar surface area (TPSA) is 58.2 Å². The van der Waals surface area contributed by atoms with Crippen LogP contribution in [0, 0.1) is 5.82 Å². The van der Waals surface area contributed by atoms with E-state index in [2.05, 4.69) is 10.6 Å². The molecule has 0 fully saturated rings. The predicted molar refractivity (Wildman–Crippen MR) is 125 cm³/mol. The van der Waals surface area contributed by atoms with Crippen LogP contribution in [-0.2, 0) is 0 Å². The Hall–Kier alpha value is -3.90. The van der Waals surface area contributed by atoms with Crippen molar-refractivity contribution in [1.82, 2.24) is 0 Å². The molecule has 1 heterocycles. The van der Waals surface area contributed by atoms with Crippen molar-refractivity contribution >= 4 is 35.0 Å². The van der Waals surface area contributed by atoms with Crippen molar-refractivity contribution in [2.24, 2.45) is 0 Å². The summed E-state index contributed by atoms with van der Waals surface area (Å²) in [6.07, 6.45) is 0. The van der Waals surface area contributed by atoms with Crippen LogP contribution in [0.25, 0.3) is 11.1 Å². The van der Waals surface area contributed by atoms with Crippen molar-refractivity contribution in [3.05, 3.63) is 108 Å². The van der Waals surface area contributed by atoms with E-state index in [1.807, 2.05) is 54.6 Å². The van der Waals surface area contributed by atoms with Crippen LogP contribution in [0.5, 0.6) is 0 Å². The largest absolute Gasteiger partial charge is 0.322 e. The molecule has 6 heteroatoms. The predicted octanol–water partition coefficient (Wildman–Crippen LogP) is 6.46. The van der Waals surface area contributed by atoms with Gasteiger partial charge in [-0.3, -0.25) is 9.59 Å². The van der Waals surface area contributed by atoms with Crippen LogP contribution in [0.1, 0.15) is 20.7 Å². The van der Waals surface area contributed by atoms with Crippen molar-refractivity contribution in [3.63, 3.8) is 0 Å². The first-order valence-corrected chi connectivity index (χ1v) is 10.8. The van der Waals surface area contributed by atoms with Crippen molar-refractivity contribution < 1.29 is 14.0 Å². The highest BCUT2D eigenvalue weighted by Gasteiger charge is 2.24. The number of fused-ring (bicyclic) bond motifs is 2. The fraction of sp³-hybridized carbons (Fsp3) is 0. The fourth-order valence-corrected chi connectivity index (χ4v) is 4.61. The summed E-state index contributed by atoms with van der Waals surface area (Å²) in [5.74, 6) is -1.40. The Kier molecular flexibility index (Phi) is 5.21. The number of hydrogen-bond acceptors (Lipinski definition) is 3. The Bertz CT molecular complexity index is 1360. The minimum atomic E-state index is -0.573. The molecule has 0 spiro atoms. The lowest BCUT2D eigenvalue weighted by Gasteiger charge is -2.11. The van der Waals surface area contributed by atoms with Crippen molar-refractivity contribution in [1.29, 1.82) is 0 Å². The molecule has 156 valence electrons. The minimum Gasteiger partial charge on any atom is -0.322 e. The molecule has 5 rings (SSSR count). The van der Waals surface area contributed by atoms with Gasteiger partial charge in [-0.25, -0.2) is 4.39 Å². The third-order valence-electron chi connectivity index (χ3n) is 5.14. The monoisotopic (exact) mass is 440 g/mol. The maximum Gasteiger partial charge on any atom is 0.259 e. The molecule has 0 atom stereocenters. The molecule has 4 aromatic rings. The molecule has 1 aliphatic heterocycles. The van der Waals surface area contributed by atoms with Gasteiger partial charge in [0.2, 0.25) is 0 Å². The van der Waals surface area contributed by atoms with Gasteiger partial charge in [-0.15, -0.1) is 0 Å². The molecule has 0 unspecified atom stereocenters. The average molecular weight is 440 g/mol. The second kappa shape index (κ2) is 8.32. The van der Waals surface area contributed by atoms with Crippen LogP contribution in [-0.4, -0.2) is 11.8 Å². The number of anilines is 2. The number of nitrogens with one attached hydrogen (secondary N) is 2. The summed E-state index contributed by atoms with van der Waals surface area (Å²) in [4.78, 5) is 26.7. The number of carbonyl (C=O) groups excluding carboxylic acids is 2. The highest BCUT2D eigenvalue weighted by Crippen LogP contribution is 2.40. The van der Waals surface area contributed by atoms with Gasteiger partial charge in [-0.1, -0.05) is 60.3 Å². The standard InChI is InChI=1S/C26H17FN2O2S/c27-20-10-5-11-23-24(20)26(31)29-21-15-18(12-13-22(21)32-23)25(30)28-19-9-4-8-17(14-19)16-6-2-1-3-7-16/h1-15H,(H,28,30)(H,29,31). The lowest BCUT2D eigenvalue weighted by Crippen LogP contribution is -2.15. The first-order valence-electron chi connectivity index (χ1n) is 9.97. The maximum absolute atomic E-state index is 14.2. The van der Waals surface area contributed by atoms with E-state index in [-0.39, 0.29) is 11.5 Å². The van der Waals surface area contributed by atoms with E-state index in [1.165, 1.54) is 17.8 Å². The van der Waals surface area contributed by atoms with Gasteiger partial charge in [0.1, 0.15) is 5.82 Å². The second-order valence-electron chi connectivity index (χ2n) is 7.28. The minimum absolute atomic E-state index is 0.0115. The molecule has 2 amide bonds. The first kappa shape index (κ1) is 20.0. The van der Waals surface area contributed by atoms with Crippen molar-refractivity contribution in [2.45, 2.75) is 9.79 Å². The van der Waals surface area contributed by atoms with E-state index in [0.29, 0.717) is 21.8 Å². The summed E-state index contributed by atoms with van der Waals surface area (Å²) in [7, 11) is 0. The molecule has 0 aliphatic carbocycles. The summed E-state index contributed by atoms with van der Waals surface area (Å²) in [6, 6.07) is 27.1. The van der Waals surface area contributed by atoms with Gasteiger partial charge in [0.05, 0.1) is 11.3 Å². The van der Waals surface area contributed by atoms with Gasteiger partial charge in [-0.05, 0) is 53.6 Å². The Balaban J connectivity index is 1.40. The van der Waals surface area contributed by atoms with Crippen LogP contribution in [0.15, 0.2) is 101 Å². The summed E-state index contributed by atoms with van der Waals surface area (Å²) in [6.45, 7) is 0. The van der Waals surface area contributed by atoms with Crippen molar-refractivity contribution in [2.75, 3.05) is 10.6 Å². The number of carbonyl (C=O) groups is 2. The van der Waals surface area contributed by atoms with Gasteiger partial charge in [0.25, 0.3) is 11.8 Å². The Morgan fingerprint density at radius 1 is 0.812 bits per heavy atom. The summed E-state index contributed by atoms with van der Waals surface area (Å²) >= 11 is 1.29. The molecular weight excluding hydrogens is 423 g/mol. The van der Waals surface area contributed by atoms with Gasteiger partial charge >= 0.3 is 0 Å². The third-order valence-corrected chi connectivity index (χ3v) is 6.28. The molecule has 0 bridgehead atoms. The number of halogens is 1. The fourth-order valence-electron chi connectivity index (χ4n) is 3.58. The van der Waals surface area contributed by atoms with E-state index in [9.17, 15) is 14.0 Å². The maximum atomic E-state index is 14.2. The third kappa shape index (κ3) is 3.88. The summed E-state index contributed by atoms with van der Waals surface area (Å²) < 4.78 is 14.2. The zero-order valence-electron chi connectivity index (χ0n) is 16.8. The number of rotatable bonds is 3. The SMILES string of the molecule is O=C(Nc1cccc(-c2ccccc2)c1)c1ccc2c(c1)NC(=O)c1c(F)cccc1S2. The van der Waals surface area contributed by atoms with Crippen LogP contribution in [0.3, 0.4) is 0 Å². The normalized spacial score (nSPS) is 12.2. The van der Waals surface area contributed by atoms with Gasteiger partial charge in [0.15, 0.2) is 0 Å². The molecule has 4 aromatic carbocycles. The van der Waals surface area contributed by atoms with Gasteiger partial charge in [0, 0.05) is 21.0 Å². The Morgan fingerprint density at radius 3 is 2.44 bits per heavy atom. The molecule has 2 N–H and O–H groups in total. The molecule has 0 saturated heterocycles. The smallest absolute Gasteiger partial charge is 0.259 e. The number of amides is 2. The van der Waals surface area contributed by atoms with E-state index < -0.39 is 11.7 Å². The molecule has 32 heavy (non-hydrogen) atoms. The molecule has 1 aliphatic rings. The van der Waals surface area contributed by atoms with Crippen LogP contribution >= 0.6 is 11.8 Å². The number of hydrogen-bond donors (Lipinski definition) is 2. The number of benzene rings is 4. The Morgan fingerprint density at radius 2 is 1.59 bits per heavy atom. The zero-order chi connectivity index (χ0) is 22.1. The molecular formula is C26H17FN2O2S. The summed E-state index contributed by atoms with van der Waals surface area (Å²) in [5, 5.41) is 5.64. The van der Waals surface area contributed by atoms with Crippen LogP contribution in [0.2, 0.25) is 0 Å². The average Bonchev–Trinajstić information content (AvgIpc) is 2.95. The van der Waals surface area contributed by atoms with Gasteiger partial charge in [-0.2, -0.15) is 0 Å². The first-order chi connectivity index (χ1) is 15.6. The lowest BCUT2D eigenvalue weighted by atomic mass is 10.1. The molecule has 0 radical (unpaired) electrons. The van der Waals surface area contributed by atoms with E-state index in [4.69, 9.17) is 0 Å². The van der Waals surface area contributed by atoms with Crippen LogP contribution < -0.4 is 10.6 Å². The highest BCUT2D eigenvalue weighted by atomic mass is 32.2. The van der Waals surface area contributed by atoms with Crippen molar-refractivity contribution in [3.8, 4) is 11.1 Å². The second-order valence-corrected chi connectivity index (χ2v) is 8.36. The Labute approximate surface area is 188 Å². The summed E-state index contributed by atoms with van der Waals surface area (Å²) in [5.41, 5.74) is 3.59. The molecule has 0 aromatic heterocycles. The molecule has 0 saturated carbocycles. The zero-order valence-corrected chi connectivity index (χ0v) is 17.6. The molecule has 4 nitrogen and oxygen atoms in total. The van der Waals surface area contributed by atoms with Gasteiger partial charge < -0.3 is 10.6 Å². The van der Waals surface area contributed by atoms with Crippen LogP contribution in [0.4, 0.5) is 15.8 Å². The lowest BCUT2D eigenvalue weighted by molar-refractivity contribution is 0.101.